The molecule has 0 amide bonds. The SMILES string of the molecule is O=Cc1cnc(S)nc1Nc1ccc(F)cc1. The lowest BCUT2D eigenvalue weighted by Crippen LogP contribution is -2.00. The molecule has 0 radical (unpaired) electrons. The molecule has 1 aromatic heterocycles. The number of thiol groups is 1. The number of nitrogens with one attached hydrogen (secondary N) is 1. The van der Waals surface area contributed by atoms with Gasteiger partial charge in [0.25, 0.3) is 0 Å². The average molecular weight is 249 g/mol. The molecular weight excluding hydrogens is 241 g/mol. The lowest BCUT2D eigenvalue weighted by molar-refractivity contribution is 0.112. The highest BCUT2D eigenvalue weighted by molar-refractivity contribution is 7.80. The fourth-order valence-electron chi connectivity index (χ4n) is 1.24. The van der Waals surface area contributed by atoms with Crippen molar-refractivity contribution in [1.82, 2.24) is 9.97 Å². The summed E-state index contributed by atoms with van der Waals surface area (Å²) < 4.78 is 12.7. The molecule has 0 spiro atoms. The Hall–Kier alpha value is -1.95. The van der Waals surface area contributed by atoms with E-state index in [2.05, 4.69) is 27.9 Å². The number of rotatable bonds is 3. The number of benzene rings is 1. The largest absolute Gasteiger partial charge is 0.339 e. The first kappa shape index (κ1) is 11.5. The van der Waals surface area contributed by atoms with Crippen LogP contribution in [0.4, 0.5) is 15.9 Å². The van der Waals surface area contributed by atoms with Gasteiger partial charge in [-0.2, -0.15) is 0 Å². The lowest BCUT2D eigenvalue weighted by atomic mass is 10.3. The summed E-state index contributed by atoms with van der Waals surface area (Å²) in [5.74, 6) is 0.00957. The van der Waals surface area contributed by atoms with Crippen molar-refractivity contribution in [2.24, 2.45) is 0 Å². The average Bonchev–Trinajstić information content (AvgIpc) is 2.32. The van der Waals surface area contributed by atoms with Crippen molar-refractivity contribution in [2.45, 2.75) is 5.16 Å². The Balaban J connectivity index is 2.31. The normalized spacial score (nSPS) is 10.0. The highest BCUT2D eigenvalue weighted by Crippen LogP contribution is 2.18. The molecule has 4 nitrogen and oxygen atoms in total. The van der Waals surface area contributed by atoms with Crippen molar-refractivity contribution < 1.29 is 9.18 Å². The minimum absolute atomic E-state index is 0.250. The predicted octanol–water partition coefficient (Wildman–Crippen LogP) is 2.46. The van der Waals surface area contributed by atoms with E-state index in [-0.39, 0.29) is 11.0 Å². The van der Waals surface area contributed by atoms with Crippen LogP contribution in [0.2, 0.25) is 0 Å². The number of carbonyl (C=O) groups is 1. The zero-order valence-corrected chi connectivity index (χ0v) is 9.49. The Bertz CT molecular complexity index is 545. The van der Waals surface area contributed by atoms with Crippen LogP contribution in [0.5, 0.6) is 0 Å². The number of hydrogen-bond donors (Lipinski definition) is 2. The topological polar surface area (TPSA) is 54.9 Å². The van der Waals surface area contributed by atoms with Crippen molar-refractivity contribution in [3.05, 3.63) is 41.8 Å². The summed E-state index contributed by atoms with van der Waals surface area (Å²) in [5.41, 5.74) is 0.938. The third kappa shape index (κ3) is 2.79. The maximum Gasteiger partial charge on any atom is 0.186 e. The molecule has 0 atom stereocenters. The quantitative estimate of drug-likeness (QED) is 0.498. The first-order valence-electron chi connectivity index (χ1n) is 4.73. The van der Waals surface area contributed by atoms with E-state index >= 15 is 0 Å². The van der Waals surface area contributed by atoms with Crippen molar-refractivity contribution in [3.63, 3.8) is 0 Å². The number of carbonyl (C=O) groups excluding carboxylic acids is 1. The fraction of sp³-hybridized carbons (Fsp3) is 0. The summed E-state index contributed by atoms with van der Waals surface area (Å²) in [6.45, 7) is 0. The predicted molar refractivity (Wildman–Crippen MR) is 64.4 cm³/mol. The molecule has 0 saturated carbocycles. The van der Waals surface area contributed by atoms with Gasteiger partial charge in [-0.15, -0.1) is 12.6 Å². The Morgan fingerprint density at radius 1 is 1.29 bits per heavy atom. The van der Waals surface area contributed by atoms with E-state index in [0.717, 1.165) is 0 Å². The van der Waals surface area contributed by atoms with Crippen LogP contribution < -0.4 is 5.32 Å². The van der Waals surface area contributed by atoms with Crippen LogP contribution in [0, 0.1) is 5.82 Å². The molecule has 1 aromatic carbocycles. The van der Waals surface area contributed by atoms with Gasteiger partial charge in [0.2, 0.25) is 0 Å². The second kappa shape index (κ2) is 4.92. The molecule has 1 N–H and O–H groups in total. The van der Waals surface area contributed by atoms with Crippen molar-refractivity contribution in [3.8, 4) is 0 Å². The van der Waals surface area contributed by atoms with Crippen LogP contribution in [0.1, 0.15) is 10.4 Å². The van der Waals surface area contributed by atoms with E-state index in [4.69, 9.17) is 0 Å². The van der Waals surface area contributed by atoms with Crippen LogP contribution in [-0.2, 0) is 0 Å². The Kier molecular flexibility index (Phi) is 3.34. The summed E-state index contributed by atoms with van der Waals surface area (Å²) in [5, 5.41) is 3.14. The van der Waals surface area contributed by atoms with Crippen LogP contribution in [0.25, 0.3) is 0 Å². The zero-order valence-electron chi connectivity index (χ0n) is 8.59. The van der Waals surface area contributed by atoms with Gasteiger partial charge < -0.3 is 5.32 Å². The molecule has 2 rings (SSSR count). The van der Waals surface area contributed by atoms with Crippen LogP contribution >= 0.6 is 12.6 Å². The summed E-state index contributed by atoms with van der Waals surface area (Å²) in [4.78, 5) is 18.5. The van der Waals surface area contributed by atoms with Gasteiger partial charge >= 0.3 is 0 Å². The van der Waals surface area contributed by atoms with Gasteiger partial charge in [-0.1, -0.05) is 0 Å². The van der Waals surface area contributed by atoms with Gasteiger partial charge in [0.1, 0.15) is 11.6 Å². The van der Waals surface area contributed by atoms with E-state index in [1.54, 1.807) is 12.1 Å². The summed E-state index contributed by atoms with van der Waals surface area (Å²) in [7, 11) is 0. The van der Waals surface area contributed by atoms with E-state index in [0.29, 0.717) is 23.4 Å². The van der Waals surface area contributed by atoms with E-state index in [1.807, 2.05) is 0 Å². The summed E-state index contributed by atoms with van der Waals surface area (Å²) in [6, 6.07) is 5.71. The second-order valence-corrected chi connectivity index (χ2v) is 3.62. The Labute approximate surface area is 102 Å². The summed E-state index contributed by atoms with van der Waals surface area (Å²) in [6.07, 6.45) is 2.01. The number of halogens is 1. The summed E-state index contributed by atoms with van der Waals surface area (Å²) >= 11 is 3.98. The maximum atomic E-state index is 12.7. The third-order valence-corrected chi connectivity index (χ3v) is 2.25. The molecule has 86 valence electrons. The number of aldehydes is 1. The van der Waals surface area contributed by atoms with Gasteiger partial charge in [-0.05, 0) is 24.3 Å². The zero-order chi connectivity index (χ0) is 12.3. The van der Waals surface area contributed by atoms with Crippen LogP contribution in [0.3, 0.4) is 0 Å². The molecule has 0 saturated heterocycles. The van der Waals surface area contributed by atoms with E-state index in [9.17, 15) is 9.18 Å². The van der Waals surface area contributed by atoms with Crippen LogP contribution in [-0.4, -0.2) is 16.3 Å². The van der Waals surface area contributed by atoms with Gasteiger partial charge in [0.15, 0.2) is 11.4 Å². The van der Waals surface area contributed by atoms with Gasteiger partial charge in [0, 0.05) is 11.9 Å². The van der Waals surface area contributed by atoms with Crippen LogP contribution in [0.15, 0.2) is 35.6 Å². The molecule has 1 heterocycles. The molecule has 0 aliphatic rings. The van der Waals surface area contributed by atoms with Crippen molar-refractivity contribution in [1.29, 1.82) is 0 Å². The smallest absolute Gasteiger partial charge is 0.186 e. The lowest BCUT2D eigenvalue weighted by Gasteiger charge is -2.07. The highest BCUT2D eigenvalue weighted by Gasteiger charge is 2.05. The third-order valence-electron chi connectivity index (χ3n) is 2.04. The molecule has 6 heteroatoms. The van der Waals surface area contributed by atoms with E-state index in [1.165, 1.54) is 18.3 Å². The standard InChI is InChI=1S/C11H8FN3OS/c12-8-1-3-9(4-2-8)14-10-7(6-16)5-13-11(17)15-10/h1-6H,(H2,13,14,15,17). The van der Waals surface area contributed by atoms with Crippen molar-refractivity contribution >= 4 is 30.4 Å². The molecule has 0 fully saturated rings. The fourth-order valence-corrected chi connectivity index (χ4v) is 1.40. The first-order chi connectivity index (χ1) is 8.19. The van der Waals surface area contributed by atoms with Gasteiger partial charge in [-0.25, -0.2) is 14.4 Å². The second-order valence-electron chi connectivity index (χ2n) is 3.22. The van der Waals surface area contributed by atoms with Gasteiger partial charge in [-0.3, -0.25) is 4.79 Å². The molecule has 0 bridgehead atoms. The van der Waals surface area contributed by atoms with Crippen molar-refractivity contribution in [2.75, 3.05) is 5.32 Å². The molecule has 0 unspecified atom stereocenters. The monoisotopic (exact) mass is 249 g/mol. The minimum Gasteiger partial charge on any atom is -0.339 e. The first-order valence-corrected chi connectivity index (χ1v) is 5.17. The highest BCUT2D eigenvalue weighted by atomic mass is 32.1. The minimum atomic E-state index is -0.330. The van der Waals surface area contributed by atoms with E-state index < -0.39 is 0 Å². The molecule has 0 aliphatic heterocycles. The Morgan fingerprint density at radius 3 is 2.65 bits per heavy atom. The molecule has 17 heavy (non-hydrogen) atoms. The Morgan fingerprint density at radius 2 is 2.00 bits per heavy atom. The maximum absolute atomic E-state index is 12.7. The number of anilines is 2. The number of nitrogens with zero attached hydrogens (tertiary/aromatic N) is 2. The molecular formula is C11H8FN3OS. The molecule has 2 aromatic rings. The number of hydrogen-bond acceptors (Lipinski definition) is 5. The van der Waals surface area contributed by atoms with Gasteiger partial charge in [0.05, 0.1) is 5.56 Å². The molecule has 0 aliphatic carbocycles. The number of aromatic nitrogens is 2.